The number of benzene rings is 1. The summed E-state index contributed by atoms with van der Waals surface area (Å²) in [4.78, 5) is 15.4. The molecule has 36 heavy (non-hydrogen) atoms. The van der Waals surface area contributed by atoms with Crippen molar-refractivity contribution in [3.63, 3.8) is 0 Å². The SMILES string of the molecule is CCN(CC)C[C@H](O)Cn1ccc(NC(=O)[C@H](CC(C)C)n2cc(Oc3ccccc3Cl)cc2O)n1. The van der Waals surface area contributed by atoms with Crippen molar-refractivity contribution < 1.29 is 19.7 Å². The highest BCUT2D eigenvalue weighted by Crippen LogP contribution is 2.34. The maximum Gasteiger partial charge on any atom is 0.248 e. The van der Waals surface area contributed by atoms with Crippen LogP contribution in [-0.4, -0.2) is 61.1 Å². The summed E-state index contributed by atoms with van der Waals surface area (Å²) >= 11 is 6.18. The summed E-state index contributed by atoms with van der Waals surface area (Å²) in [6.07, 6.45) is 3.23. The van der Waals surface area contributed by atoms with E-state index in [0.717, 1.165) is 13.1 Å². The van der Waals surface area contributed by atoms with Gasteiger partial charge in [-0.05, 0) is 37.6 Å². The number of likely N-dealkylation sites (N-methyl/N-ethyl adjacent to an activating group) is 1. The number of aromatic nitrogens is 3. The summed E-state index contributed by atoms with van der Waals surface area (Å²) in [5.41, 5.74) is 0. The molecule has 196 valence electrons. The summed E-state index contributed by atoms with van der Waals surface area (Å²) in [5.74, 6) is 0.977. The lowest BCUT2D eigenvalue weighted by Crippen LogP contribution is -2.34. The number of rotatable bonds is 13. The molecule has 0 saturated heterocycles. The highest BCUT2D eigenvalue weighted by molar-refractivity contribution is 6.32. The fraction of sp³-hybridized carbons (Fsp3) is 0.462. The quantitative estimate of drug-likeness (QED) is 0.302. The van der Waals surface area contributed by atoms with Crippen LogP contribution in [0, 0.1) is 5.92 Å². The van der Waals surface area contributed by atoms with E-state index >= 15 is 0 Å². The fourth-order valence-electron chi connectivity index (χ4n) is 3.99. The Balaban J connectivity index is 1.71. The molecule has 0 fully saturated rings. The third kappa shape index (κ3) is 7.49. The number of para-hydroxylation sites is 1. The van der Waals surface area contributed by atoms with E-state index in [9.17, 15) is 15.0 Å². The maximum atomic E-state index is 13.3. The van der Waals surface area contributed by atoms with Gasteiger partial charge in [0.1, 0.15) is 17.5 Å². The molecular weight excluding hydrogens is 482 g/mol. The van der Waals surface area contributed by atoms with Gasteiger partial charge in [0.25, 0.3) is 0 Å². The molecule has 1 amide bonds. The van der Waals surface area contributed by atoms with Crippen molar-refractivity contribution in [2.75, 3.05) is 25.0 Å². The first-order valence-electron chi connectivity index (χ1n) is 12.3. The number of ether oxygens (including phenoxy) is 1. The van der Waals surface area contributed by atoms with Gasteiger partial charge >= 0.3 is 0 Å². The van der Waals surface area contributed by atoms with Crippen molar-refractivity contribution in [2.24, 2.45) is 5.92 Å². The zero-order valence-electron chi connectivity index (χ0n) is 21.3. The third-order valence-electron chi connectivity index (χ3n) is 5.85. The third-order valence-corrected chi connectivity index (χ3v) is 6.17. The molecule has 0 aliphatic rings. The van der Waals surface area contributed by atoms with Gasteiger partial charge in [-0.2, -0.15) is 5.10 Å². The zero-order valence-corrected chi connectivity index (χ0v) is 22.0. The summed E-state index contributed by atoms with van der Waals surface area (Å²) < 4.78 is 8.93. The lowest BCUT2D eigenvalue weighted by Gasteiger charge is -2.21. The van der Waals surface area contributed by atoms with Gasteiger partial charge in [0.15, 0.2) is 11.7 Å². The molecule has 10 heteroatoms. The number of amides is 1. The van der Waals surface area contributed by atoms with Crippen LogP contribution < -0.4 is 10.1 Å². The van der Waals surface area contributed by atoms with E-state index in [1.165, 1.54) is 10.6 Å². The Labute approximate surface area is 217 Å². The van der Waals surface area contributed by atoms with E-state index in [4.69, 9.17) is 16.3 Å². The Morgan fingerprint density at radius 2 is 1.94 bits per heavy atom. The Kier molecular flexibility index (Phi) is 9.81. The van der Waals surface area contributed by atoms with Gasteiger partial charge in [-0.15, -0.1) is 0 Å². The maximum absolute atomic E-state index is 13.3. The van der Waals surface area contributed by atoms with Crippen LogP contribution >= 0.6 is 11.6 Å². The molecule has 3 N–H and O–H groups in total. The molecule has 0 unspecified atom stereocenters. The number of nitrogens with zero attached hydrogens (tertiary/aromatic N) is 4. The molecule has 0 aliphatic heterocycles. The van der Waals surface area contributed by atoms with E-state index in [2.05, 4.69) is 29.2 Å². The summed E-state index contributed by atoms with van der Waals surface area (Å²) in [6, 6.07) is 9.50. The number of aliphatic hydroxyl groups excluding tert-OH is 1. The molecule has 2 atom stereocenters. The Morgan fingerprint density at radius 1 is 1.22 bits per heavy atom. The normalized spacial score (nSPS) is 13.2. The topological polar surface area (TPSA) is 105 Å². The first-order valence-corrected chi connectivity index (χ1v) is 12.7. The van der Waals surface area contributed by atoms with Gasteiger partial charge in [0, 0.05) is 24.9 Å². The van der Waals surface area contributed by atoms with Crippen LogP contribution in [0.25, 0.3) is 0 Å². The molecule has 1 aromatic carbocycles. The Bertz CT molecular complexity index is 1130. The molecule has 0 bridgehead atoms. The number of aliphatic hydroxyl groups is 1. The van der Waals surface area contributed by atoms with E-state index in [1.807, 2.05) is 13.8 Å². The first-order chi connectivity index (χ1) is 17.2. The molecule has 0 spiro atoms. The monoisotopic (exact) mass is 517 g/mol. The summed E-state index contributed by atoms with van der Waals surface area (Å²) in [5, 5.41) is 28.7. The molecule has 3 rings (SSSR count). The minimum Gasteiger partial charge on any atom is -0.494 e. The van der Waals surface area contributed by atoms with Gasteiger partial charge in [0.05, 0.1) is 23.9 Å². The van der Waals surface area contributed by atoms with Gasteiger partial charge in [-0.25, -0.2) is 0 Å². The number of aromatic hydroxyl groups is 1. The predicted octanol–water partition coefficient (Wildman–Crippen LogP) is 4.76. The van der Waals surface area contributed by atoms with E-state index < -0.39 is 12.1 Å². The van der Waals surface area contributed by atoms with Crippen molar-refractivity contribution in [3.8, 4) is 17.4 Å². The number of nitrogens with one attached hydrogen (secondary N) is 1. The molecule has 0 radical (unpaired) electrons. The standard InChI is InChI=1S/C26H36ClN5O4/c1-5-30(6-2)15-19(33)16-31-12-11-24(29-31)28-26(35)22(13-18(3)4)32-17-20(14-25(32)34)36-23-10-8-7-9-21(23)27/h7-12,14,17-19,22,33-34H,5-6,13,15-16H2,1-4H3,(H,28,29,35)/t19-,22-/m0/s1. The Hall–Kier alpha value is -3.01. The van der Waals surface area contributed by atoms with Crippen molar-refractivity contribution in [1.82, 2.24) is 19.2 Å². The summed E-state index contributed by atoms with van der Waals surface area (Å²) in [6.45, 7) is 10.7. The average Bonchev–Trinajstić information content (AvgIpc) is 3.42. The lowest BCUT2D eigenvalue weighted by atomic mass is 10.0. The van der Waals surface area contributed by atoms with E-state index in [-0.39, 0.29) is 17.7 Å². The van der Waals surface area contributed by atoms with E-state index in [0.29, 0.717) is 41.8 Å². The van der Waals surface area contributed by atoms with E-state index in [1.54, 1.807) is 47.4 Å². The molecular formula is C26H36ClN5O4. The summed E-state index contributed by atoms with van der Waals surface area (Å²) in [7, 11) is 0. The van der Waals surface area contributed by atoms with Crippen molar-refractivity contribution in [3.05, 3.63) is 53.8 Å². The minimum absolute atomic E-state index is 0.0945. The predicted molar refractivity (Wildman–Crippen MR) is 141 cm³/mol. The Morgan fingerprint density at radius 3 is 2.61 bits per heavy atom. The minimum atomic E-state index is -0.688. The van der Waals surface area contributed by atoms with Crippen LogP contribution in [0.5, 0.6) is 17.4 Å². The first kappa shape index (κ1) is 27.6. The van der Waals surface area contributed by atoms with Crippen LogP contribution in [0.2, 0.25) is 5.02 Å². The highest BCUT2D eigenvalue weighted by atomic mass is 35.5. The van der Waals surface area contributed by atoms with Gasteiger partial charge in [-0.3, -0.25) is 9.48 Å². The second-order valence-corrected chi connectivity index (χ2v) is 9.58. The van der Waals surface area contributed by atoms with Crippen molar-refractivity contribution in [1.29, 1.82) is 0 Å². The largest absolute Gasteiger partial charge is 0.494 e. The molecule has 0 saturated carbocycles. The highest BCUT2D eigenvalue weighted by Gasteiger charge is 2.26. The fourth-order valence-corrected chi connectivity index (χ4v) is 4.16. The average molecular weight is 518 g/mol. The van der Waals surface area contributed by atoms with Crippen molar-refractivity contribution in [2.45, 2.75) is 52.8 Å². The number of hydrogen-bond acceptors (Lipinski definition) is 6. The molecule has 2 heterocycles. The van der Waals surface area contributed by atoms with Crippen LogP contribution in [0.3, 0.4) is 0 Å². The number of anilines is 1. The molecule has 0 aliphatic carbocycles. The second kappa shape index (κ2) is 12.8. The number of hydrogen-bond donors (Lipinski definition) is 3. The van der Waals surface area contributed by atoms with Gasteiger partial charge < -0.3 is 29.7 Å². The van der Waals surface area contributed by atoms with Crippen LogP contribution in [-0.2, 0) is 11.3 Å². The van der Waals surface area contributed by atoms with Crippen LogP contribution in [0.15, 0.2) is 48.8 Å². The smallest absolute Gasteiger partial charge is 0.248 e. The molecule has 3 aromatic rings. The zero-order chi connectivity index (χ0) is 26.2. The lowest BCUT2D eigenvalue weighted by molar-refractivity contribution is -0.119. The van der Waals surface area contributed by atoms with Gasteiger partial charge in [0.2, 0.25) is 5.91 Å². The molecule has 9 nitrogen and oxygen atoms in total. The van der Waals surface area contributed by atoms with Gasteiger partial charge in [-0.1, -0.05) is 51.4 Å². The van der Waals surface area contributed by atoms with Crippen molar-refractivity contribution >= 4 is 23.3 Å². The molecule has 2 aromatic heterocycles. The van der Waals surface area contributed by atoms with Crippen LogP contribution in [0.4, 0.5) is 5.82 Å². The number of carbonyl (C=O) groups excluding carboxylic acids is 1. The second-order valence-electron chi connectivity index (χ2n) is 9.17. The number of carbonyl (C=O) groups is 1. The van der Waals surface area contributed by atoms with Crippen LogP contribution in [0.1, 0.15) is 40.2 Å². The number of halogens is 1.